The summed E-state index contributed by atoms with van der Waals surface area (Å²) in [6.45, 7) is 0. The van der Waals surface area contributed by atoms with E-state index in [4.69, 9.17) is 11.6 Å². The molecule has 1 aromatic carbocycles. The van der Waals surface area contributed by atoms with Gasteiger partial charge in [0.15, 0.2) is 0 Å². The van der Waals surface area contributed by atoms with E-state index in [2.05, 4.69) is 5.32 Å². The van der Waals surface area contributed by atoms with Crippen molar-refractivity contribution in [2.24, 2.45) is 0 Å². The van der Waals surface area contributed by atoms with Crippen molar-refractivity contribution in [1.82, 2.24) is 0 Å². The van der Waals surface area contributed by atoms with Crippen molar-refractivity contribution in [3.8, 4) is 0 Å². The summed E-state index contributed by atoms with van der Waals surface area (Å²) < 4.78 is 0. The smallest absolute Gasteiger partial charge is 0.265 e. The van der Waals surface area contributed by atoms with Gasteiger partial charge in [0.05, 0.1) is 21.3 Å². The number of carbonyl (C=O) groups is 3. The first-order valence-electron chi connectivity index (χ1n) is 6.56. The van der Waals surface area contributed by atoms with Gasteiger partial charge in [0, 0.05) is 12.8 Å². The summed E-state index contributed by atoms with van der Waals surface area (Å²) in [5, 5.41) is 4.79. The number of hydrogen-bond donors (Lipinski definition) is 1. The Balaban J connectivity index is 1.82. The lowest BCUT2D eigenvalue weighted by Crippen LogP contribution is -2.28. The SMILES string of the molecule is O=C(Nc1ccc(N2C(=O)CCC2=O)cc1Cl)c1cccs1. The number of nitrogens with zero attached hydrogens (tertiary/aromatic N) is 1. The molecular weight excluding hydrogens is 324 g/mol. The van der Waals surface area contributed by atoms with Crippen LogP contribution in [0.4, 0.5) is 11.4 Å². The number of benzene rings is 1. The number of nitrogens with one attached hydrogen (secondary N) is 1. The molecule has 1 saturated heterocycles. The highest BCUT2D eigenvalue weighted by Gasteiger charge is 2.30. The highest BCUT2D eigenvalue weighted by molar-refractivity contribution is 7.12. The van der Waals surface area contributed by atoms with Crippen LogP contribution in [0.1, 0.15) is 22.5 Å². The van der Waals surface area contributed by atoms with Gasteiger partial charge < -0.3 is 5.32 Å². The molecule has 2 heterocycles. The van der Waals surface area contributed by atoms with Gasteiger partial charge in [-0.1, -0.05) is 17.7 Å². The lowest BCUT2D eigenvalue weighted by molar-refractivity contribution is -0.121. The van der Waals surface area contributed by atoms with Crippen LogP contribution in [0.15, 0.2) is 35.7 Å². The van der Waals surface area contributed by atoms with Gasteiger partial charge in [-0.25, -0.2) is 0 Å². The first kappa shape index (κ1) is 14.7. The quantitative estimate of drug-likeness (QED) is 0.876. The minimum atomic E-state index is -0.252. The number of halogens is 1. The zero-order valence-electron chi connectivity index (χ0n) is 11.3. The van der Waals surface area contributed by atoms with Crippen LogP contribution in [0.2, 0.25) is 5.02 Å². The third-order valence-corrected chi connectivity index (χ3v) is 4.44. The minimum Gasteiger partial charge on any atom is -0.320 e. The molecule has 1 N–H and O–H groups in total. The number of rotatable bonds is 3. The maximum Gasteiger partial charge on any atom is 0.265 e. The van der Waals surface area contributed by atoms with E-state index in [0.717, 1.165) is 4.90 Å². The molecule has 1 aromatic heterocycles. The Kier molecular flexibility index (Phi) is 3.96. The minimum absolute atomic E-state index is 0.216. The third-order valence-electron chi connectivity index (χ3n) is 3.26. The molecule has 0 bridgehead atoms. The molecule has 3 rings (SSSR count). The Hall–Kier alpha value is -2.18. The summed E-state index contributed by atoms with van der Waals surface area (Å²) in [5.74, 6) is -0.731. The molecule has 0 aliphatic carbocycles. The molecule has 2 aromatic rings. The van der Waals surface area contributed by atoms with Crippen LogP contribution in [0.5, 0.6) is 0 Å². The lowest BCUT2D eigenvalue weighted by atomic mass is 10.2. The number of hydrogen-bond acceptors (Lipinski definition) is 4. The van der Waals surface area contributed by atoms with Gasteiger partial charge in [-0.05, 0) is 29.6 Å². The fourth-order valence-electron chi connectivity index (χ4n) is 2.20. The maximum atomic E-state index is 12.0. The van der Waals surface area contributed by atoms with E-state index in [1.54, 1.807) is 24.3 Å². The summed E-state index contributed by atoms with van der Waals surface area (Å²) >= 11 is 7.48. The van der Waals surface area contributed by atoms with E-state index in [9.17, 15) is 14.4 Å². The second kappa shape index (κ2) is 5.90. The molecular formula is C15H11ClN2O3S. The van der Waals surface area contributed by atoms with Crippen molar-refractivity contribution in [2.75, 3.05) is 10.2 Å². The van der Waals surface area contributed by atoms with Gasteiger partial charge in [0.2, 0.25) is 11.8 Å². The van der Waals surface area contributed by atoms with Crippen LogP contribution in [0, 0.1) is 0 Å². The third kappa shape index (κ3) is 2.75. The van der Waals surface area contributed by atoms with Gasteiger partial charge in [-0.15, -0.1) is 11.3 Å². The fraction of sp³-hybridized carbons (Fsp3) is 0.133. The number of carbonyl (C=O) groups excluding carboxylic acids is 3. The second-order valence-corrected chi connectivity index (χ2v) is 6.07. The highest BCUT2D eigenvalue weighted by atomic mass is 35.5. The van der Waals surface area contributed by atoms with E-state index in [1.165, 1.54) is 17.4 Å². The first-order chi connectivity index (χ1) is 10.6. The van der Waals surface area contributed by atoms with Crippen LogP contribution in [0.3, 0.4) is 0 Å². The topological polar surface area (TPSA) is 66.5 Å². The molecule has 112 valence electrons. The standard InChI is InChI=1S/C15H11ClN2O3S/c16-10-8-9(18-13(19)5-6-14(18)20)3-4-11(10)17-15(21)12-2-1-7-22-12/h1-4,7-8H,5-6H2,(H,17,21). The molecule has 0 saturated carbocycles. The zero-order valence-corrected chi connectivity index (χ0v) is 12.9. The Morgan fingerprint density at radius 2 is 1.91 bits per heavy atom. The largest absolute Gasteiger partial charge is 0.320 e. The molecule has 0 spiro atoms. The Bertz CT molecular complexity index is 742. The van der Waals surface area contributed by atoms with Crippen LogP contribution in [-0.2, 0) is 9.59 Å². The molecule has 0 atom stereocenters. The normalized spacial score (nSPS) is 14.5. The van der Waals surface area contributed by atoms with Crippen LogP contribution in [0.25, 0.3) is 0 Å². The average molecular weight is 335 g/mol. The Morgan fingerprint density at radius 3 is 2.50 bits per heavy atom. The number of anilines is 2. The van der Waals surface area contributed by atoms with Crippen molar-refractivity contribution in [2.45, 2.75) is 12.8 Å². The highest BCUT2D eigenvalue weighted by Crippen LogP contribution is 2.30. The van der Waals surface area contributed by atoms with Crippen molar-refractivity contribution >= 4 is 52.0 Å². The molecule has 0 radical (unpaired) electrons. The van der Waals surface area contributed by atoms with Gasteiger partial charge in [0.25, 0.3) is 5.91 Å². The van der Waals surface area contributed by atoms with E-state index in [-0.39, 0.29) is 35.6 Å². The predicted molar refractivity (Wildman–Crippen MR) is 85.5 cm³/mol. The predicted octanol–water partition coefficient (Wildman–Crippen LogP) is 3.31. The van der Waals surface area contributed by atoms with Crippen molar-refractivity contribution < 1.29 is 14.4 Å². The number of imide groups is 1. The molecule has 0 unspecified atom stereocenters. The lowest BCUT2D eigenvalue weighted by Gasteiger charge is -2.15. The van der Waals surface area contributed by atoms with E-state index >= 15 is 0 Å². The fourth-order valence-corrected chi connectivity index (χ4v) is 3.04. The molecule has 1 fully saturated rings. The molecule has 1 aliphatic rings. The summed E-state index contributed by atoms with van der Waals surface area (Å²) in [6, 6.07) is 8.19. The van der Waals surface area contributed by atoms with E-state index in [1.807, 2.05) is 5.38 Å². The molecule has 5 nitrogen and oxygen atoms in total. The maximum absolute atomic E-state index is 12.0. The molecule has 1 aliphatic heterocycles. The monoisotopic (exact) mass is 334 g/mol. The van der Waals surface area contributed by atoms with Crippen molar-refractivity contribution in [3.05, 3.63) is 45.6 Å². The molecule has 7 heteroatoms. The van der Waals surface area contributed by atoms with Gasteiger partial charge >= 0.3 is 0 Å². The first-order valence-corrected chi connectivity index (χ1v) is 7.82. The number of thiophene rings is 1. The van der Waals surface area contributed by atoms with E-state index < -0.39 is 0 Å². The zero-order chi connectivity index (χ0) is 15.7. The number of amides is 3. The van der Waals surface area contributed by atoms with Gasteiger partial charge in [-0.2, -0.15) is 0 Å². The molecule has 3 amide bonds. The van der Waals surface area contributed by atoms with Crippen LogP contribution < -0.4 is 10.2 Å². The summed E-state index contributed by atoms with van der Waals surface area (Å²) in [5.41, 5.74) is 0.856. The summed E-state index contributed by atoms with van der Waals surface area (Å²) in [6.07, 6.45) is 0.431. The van der Waals surface area contributed by atoms with Crippen molar-refractivity contribution in [3.63, 3.8) is 0 Å². The Morgan fingerprint density at radius 1 is 1.18 bits per heavy atom. The van der Waals surface area contributed by atoms with Gasteiger partial charge in [-0.3, -0.25) is 19.3 Å². The summed E-state index contributed by atoms with van der Waals surface area (Å²) in [7, 11) is 0. The van der Waals surface area contributed by atoms with Crippen LogP contribution in [-0.4, -0.2) is 17.7 Å². The van der Waals surface area contributed by atoms with Gasteiger partial charge in [0.1, 0.15) is 0 Å². The van der Waals surface area contributed by atoms with Crippen LogP contribution >= 0.6 is 22.9 Å². The Labute approximate surface area is 135 Å². The average Bonchev–Trinajstić information content (AvgIpc) is 3.12. The van der Waals surface area contributed by atoms with E-state index in [0.29, 0.717) is 16.3 Å². The molecule has 22 heavy (non-hydrogen) atoms. The second-order valence-electron chi connectivity index (χ2n) is 4.72. The van der Waals surface area contributed by atoms with Crippen molar-refractivity contribution in [1.29, 1.82) is 0 Å². The summed E-state index contributed by atoms with van der Waals surface area (Å²) in [4.78, 5) is 37.1.